The number of carbonyl (C=O) groups excluding carboxylic acids is 1. The van der Waals surface area contributed by atoms with Gasteiger partial charge in [0.1, 0.15) is 11.4 Å². The van der Waals surface area contributed by atoms with Crippen LogP contribution in [-0.4, -0.2) is 29.4 Å². The lowest BCUT2D eigenvalue weighted by atomic mass is 10.0. The molecular weight excluding hydrogens is 388 g/mol. The Balaban J connectivity index is 1.53. The first-order valence-corrected chi connectivity index (χ1v) is 9.24. The molecule has 0 aliphatic rings. The lowest BCUT2D eigenvalue weighted by Crippen LogP contribution is -2.18. The number of H-pyrrole nitrogens is 1. The van der Waals surface area contributed by atoms with Gasteiger partial charge in [-0.25, -0.2) is 5.43 Å². The smallest absolute Gasteiger partial charge is 0.289 e. The molecule has 6 nitrogen and oxygen atoms in total. The van der Waals surface area contributed by atoms with Gasteiger partial charge in [0.05, 0.1) is 19.0 Å². The van der Waals surface area contributed by atoms with Crippen molar-refractivity contribution in [1.29, 1.82) is 0 Å². The third-order valence-corrected chi connectivity index (χ3v) is 4.72. The number of carbonyl (C=O) groups is 1. The summed E-state index contributed by atoms with van der Waals surface area (Å²) in [6, 6.07) is 20.6. The topological polar surface area (TPSA) is 79.4 Å². The van der Waals surface area contributed by atoms with Crippen LogP contribution in [0.1, 0.15) is 16.1 Å². The summed E-state index contributed by atoms with van der Waals surface area (Å²) >= 11 is 5.90. The number of methoxy groups -OCH3 is 1. The summed E-state index contributed by atoms with van der Waals surface area (Å²) in [5.41, 5.74) is 5.11. The van der Waals surface area contributed by atoms with Gasteiger partial charge in [-0.1, -0.05) is 54.1 Å². The van der Waals surface area contributed by atoms with E-state index in [0.717, 1.165) is 21.9 Å². The molecule has 144 valence electrons. The zero-order valence-electron chi connectivity index (χ0n) is 15.5. The van der Waals surface area contributed by atoms with Crippen LogP contribution in [0.2, 0.25) is 5.02 Å². The third kappa shape index (κ3) is 3.97. The van der Waals surface area contributed by atoms with E-state index in [-0.39, 0.29) is 0 Å². The van der Waals surface area contributed by atoms with E-state index < -0.39 is 5.91 Å². The summed E-state index contributed by atoms with van der Waals surface area (Å²) in [5, 5.41) is 13.7. The number of rotatable bonds is 5. The number of fused-ring (bicyclic) bond motifs is 1. The molecule has 7 heteroatoms. The van der Waals surface area contributed by atoms with Gasteiger partial charge in [0, 0.05) is 16.1 Å². The highest BCUT2D eigenvalue weighted by molar-refractivity contribution is 6.30. The standard InChI is InChI=1S/C22H17ClN4O2/c1-29-21-11-8-14-4-2-3-5-17(14)18(21)13-24-27-22(28)20-12-19(25-26-20)15-6-9-16(23)10-7-15/h2-13H,1H3,(H,25,26)(H,27,28)/b24-13-. The molecule has 0 saturated heterocycles. The molecule has 4 rings (SSSR count). The van der Waals surface area contributed by atoms with Crippen molar-refractivity contribution < 1.29 is 9.53 Å². The van der Waals surface area contributed by atoms with Crippen LogP contribution in [-0.2, 0) is 0 Å². The van der Waals surface area contributed by atoms with Crippen molar-refractivity contribution in [3.05, 3.63) is 83.0 Å². The van der Waals surface area contributed by atoms with Crippen LogP contribution in [0.25, 0.3) is 22.0 Å². The molecule has 0 saturated carbocycles. The molecular formula is C22H17ClN4O2. The largest absolute Gasteiger partial charge is 0.496 e. The summed E-state index contributed by atoms with van der Waals surface area (Å²) in [7, 11) is 1.60. The number of amides is 1. The van der Waals surface area contributed by atoms with E-state index in [4.69, 9.17) is 16.3 Å². The van der Waals surface area contributed by atoms with Crippen molar-refractivity contribution in [2.24, 2.45) is 5.10 Å². The maximum absolute atomic E-state index is 12.4. The number of nitrogens with one attached hydrogen (secondary N) is 2. The molecule has 0 spiro atoms. The number of halogens is 1. The minimum atomic E-state index is -0.395. The molecule has 1 heterocycles. The summed E-state index contributed by atoms with van der Waals surface area (Å²) in [5.74, 6) is 0.279. The lowest BCUT2D eigenvalue weighted by Gasteiger charge is -2.08. The first-order valence-electron chi connectivity index (χ1n) is 8.86. The van der Waals surface area contributed by atoms with Crippen LogP contribution < -0.4 is 10.2 Å². The maximum atomic E-state index is 12.4. The Morgan fingerprint density at radius 2 is 1.93 bits per heavy atom. The molecule has 0 aliphatic heterocycles. The fourth-order valence-electron chi connectivity index (χ4n) is 3.01. The normalized spacial score (nSPS) is 11.1. The number of aromatic nitrogens is 2. The van der Waals surface area contributed by atoms with E-state index in [1.807, 2.05) is 48.5 Å². The van der Waals surface area contributed by atoms with Crippen molar-refractivity contribution in [2.45, 2.75) is 0 Å². The van der Waals surface area contributed by atoms with E-state index in [0.29, 0.717) is 22.2 Å². The zero-order valence-corrected chi connectivity index (χ0v) is 16.3. The number of nitrogens with zero attached hydrogens (tertiary/aromatic N) is 2. The fourth-order valence-corrected chi connectivity index (χ4v) is 3.13. The first-order chi connectivity index (χ1) is 14.2. The zero-order chi connectivity index (χ0) is 20.2. The molecule has 1 amide bonds. The molecule has 4 aromatic rings. The number of aromatic amines is 1. The van der Waals surface area contributed by atoms with Gasteiger partial charge in [-0.05, 0) is 35.0 Å². The van der Waals surface area contributed by atoms with Crippen molar-refractivity contribution in [2.75, 3.05) is 7.11 Å². The third-order valence-electron chi connectivity index (χ3n) is 4.47. The average Bonchev–Trinajstić information content (AvgIpc) is 3.24. The average molecular weight is 405 g/mol. The highest BCUT2D eigenvalue weighted by atomic mass is 35.5. The van der Waals surface area contributed by atoms with E-state index in [1.54, 1.807) is 31.5 Å². The Kier molecular flexibility index (Phi) is 5.27. The second kappa shape index (κ2) is 8.16. The summed E-state index contributed by atoms with van der Waals surface area (Å²) < 4.78 is 5.43. The Morgan fingerprint density at radius 3 is 2.72 bits per heavy atom. The number of benzene rings is 3. The molecule has 29 heavy (non-hydrogen) atoms. The van der Waals surface area contributed by atoms with Crippen LogP contribution in [0.3, 0.4) is 0 Å². The van der Waals surface area contributed by atoms with Crippen LogP contribution in [0.15, 0.2) is 71.8 Å². The SMILES string of the molecule is COc1ccc2ccccc2c1/C=N\NC(=O)c1cc(-c2ccc(Cl)cc2)n[nH]1. The van der Waals surface area contributed by atoms with Gasteiger partial charge in [-0.15, -0.1) is 0 Å². The quantitative estimate of drug-likeness (QED) is 0.375. The van der Waals surface area contributed by atoms with Crippen LogP contribution in [0, 0.1) is 0 Å². The molecule has 0 fully saturated rings. The number of hydrogen-bond donors (Lipinski definition) is 2. The Morgan fingerprint density at radius 1 is 1.14 bits per heavy atom. The Labute approximate surface area is 172 Å². The van der Waals surface area contributed by atoms with Gasteiger partial charge < -0.3 is 4.74 Å². The van der Waals surface area contributed by atoms with Gasteiger partial charge in [0.25, 0.3) is 5.91 Å². The second-order valence-corrected chi connectivity index (χ2v) is 6.71. The monoisotopic (exact) mass is 404 g/mol. The minimum Gasteiger partial charge on any atom is -0.496 e. The number of ether oxygens (including phenoxy) is 1. The molecule has 0 aliphatic carbocycles. The predicted molar refractivity (Wildman–Crippen MR) is 115 cm³/mol. The van der Waals surface area contributed by atoms with Crippen molar-refractivity contribution in [3.63, 3.8) is 0 Å². The van der Waals surface area contributed by atoms with Crippen molar-refractivity contribution in [1.82, 2.24) is 15.6 Å². The van der Waals surface area contributed by atoms with Gasteiger partial charge in [-0.2, -0.15) is 10.2 Å². The van der Waals surface area contributed by atoms with Crippen LogP contribution in [0.5, 0.6) is 5.75 Å². The van der Waals surface area contributed by atoms with Crippen molar-refractivity contribution >= 4 is 34.5 Å². The molecule has 3 aromatic carbocycles. The molecule has 0 unspecified atom stereocenters. The van der Waals surface area contributed by atoms with E-state index in [1.165, 1.54) is 0 Å². The van der Waals surface area contributed by atoms with Gasteiger partial charge >= 0.3 is 0 Å². The highest BCUT2D eigenvalue weighted by Crippen LogP contribution is 2.26. The summed E-state index contributed by atoms with van der Waals surface area (Å²) in [4.78, 5) is 12.4. The summed E-state index contributed by atoms with van der Waals surface area (Å²) in [6.07, 6.45) is 1.58. The lowest BCUT2D eigenvalue weighted by molar-refractivity contribution is 0.0950. The molecule has 0 atom stereocenters. The van der Waals surface area contributed by atoms with E-state index in [2.05, 4.69) is 20.7 Å². The highest BCUT2D eigenvalue weighted by Gasteiger charge is 2.11. The van der Waals surface area contributed by atoms with E-state index in [9.17, 15) is 4.79 Å². The molecule has 1 aromatic heterocycles. The maximum Gasteiger partial charge on any atom is 0.289 e. The van der Waals surface area contributed by atoms with Gasteiger partial charge in [-0.3, -0.25) is 9.89 Å². The molecule has 0 bridgehead atoms. The van der Waals surface area contributed by atoms with E-state index >= 15 is 0 Å². The Bertz CT molecular complexity index is 1200. The predicted octanol–water partition coefficient (Wildman–Crippen LogP) is 4.66. The summed E-state index contributed by atoms with van der Waals surface area (Å²) in [6.45, 7) is 0. The van der Waals surface area contributed by atoms with Crippen molar-refractivity contribution in [3.8, 4) is 17.0 Å². The molecule has 2 N–H and O–H groups in total. The van der Waals surface area contributed by atoms with Gasteiger partial charge in [0.2, 0.25) is 0 Å². The molecule has 0 radical (unpaired) electrons. The minimum absolute atomic E-state index is 0.303. The van der Waals surface area contributed by atoms with Gasteiger partial charge in [0.15, 0.2) is 0 Å². The van der Waals surface area contributed by atoms with Crippen LogP contribution >= 0.6 is 11.6 Å². The number of hydrogen-bond acceptors (Lipinski definition) is 4. The van der Waals surface area contributed by atoms with Crippen LogP contribution in [0.4, 0.5) is 0 Å². The first kappa shape index (κ1) is 18.7. The Hall–Kier alpha value is -3.64. The second-order valence-electron chi connectivity index (χ2n) is 6.28. The fraction of sp³-hybridized carbons (Fsp3) is 0.0455. The number of hydrazone groups is 1.